The van der Waals surface area contributed by atoms with E-state index < -0.39 is 5.97 Å². The van der Waals surface area contributed by atoms with Crippen LogP contribution in [0.5, 0.6) is 0 Å². The van der Waals surface area contributed by atoms with Crippen molar-refractivity contribution in [3.8, 4) is 0 Å². The molecule has 6 heteroatoms. The van der Waals surface area contributed by atoms with Crippen molar-refractivity contribution >= 4 is 17.9 Å². The highest BCUT2D eigenvalue weighted by molar-refractivity contribution is 6.30. The van der Waals surface area contributed by atoms with Crippen LogP contribution in [0.1, 0.15) is 57.6 Å². The van der Waals surface area contributed by atoms with E-state index in [-0.39, 0.29) is 11.8 Å². The number of rotatable bonds is 4. The van der Waals surface area contributed by atoms with Crippen molar-refractivity contribution in [2.24, 2.45) is 0 Å². The molecule has 1 aliphatic heterocycles. The highest BCUT2D eigenvalue weighted by Crippen LogP contribution is 2.34. The van der Waals surface area contributed by atoms with E-state index in [0.29, 0.717) is 11.4 Å². The van der Waals surface area contributed by atoms with Gasteiger partial charge in [-0.15, -0.1) is 0 Å². The van der Waals surface area contributed by atoms with E-state index in [0.717, 1.165) is 43.3 Å². The van der Waals surface area contributed by atoms with E-state index in [2.05, 4.69) is 5.32 Å². The number of aldehydes is 1. The lowest BCUT2D eigenvalue weighted by Gasteiger charge is -2.34. The van der Waals surface area contributed by atoms with Gasteiger partial charge in [-0.25, -0.2) is 0 Å². The largest absolute Gasteiger partial charge is 0.344 e. The van der Waals surface area contributed by atoms with Crippen LogP contribution in [0.2, 0.25) is 5.02 Å². The summed E-state index contributed by atoms with van der Waals surface area (Å²) >= 11 is 6.02. The molecule has 0 aromatic heterocycles. The predicted octanol–water partition coefficient (Wildman–Crippen LogP) is 2.91. The van der Waals surface area contributed by atoms with Crippen LogP contribution in [0.3, 0.4) is 0 Å². The van der Waals surface area contributed by atoms with E-state index in [4.69, 9.17) is 26.9 Å². The molecular weight excluding hydrogens is 342 g/mol. The lowest BCUT2D eigenvalue weighted by molar-refractivity contribution is -0.314. The number of hydrogen-bond acceptors (Lipinski definition) is 5. The summed E-state index contributed by atoms with van der Waals surface area (Å²) < 4.78 is 0. The summed E-state index contributed by atoms with van der Waals surface area (Å²) in [6, 6.07) is 5.81. The maximum absolute atomic E-state index is 11.5. The molecule has 2 rings (SSSR count). The standard InChI is InChI=1S/C13H16ClNO.C4H10O3.C2H6/c1-10-2-3-11(14)8-12(10)13(9-16)4-6-15-7-5-13;1-2-3-4(5,6)7;1-2/h2-3,8-9,15H,4-7H2,1H3;5-7H,2-3H2,1H3;1-2H3. The molecule has 0 amide bonds. The zero-order valence-electron chi connectivity index (χ0n) is 15.7. The quantitative estimate of drug-likeness (QED) is 0.481. The molecule has 0 atom stereocenters. The Bertz CT molecular complexity index is 509. The Morgan fingerprint density at radius 3 is 2.20 bits per heavy atom. The third-order valence-electron chi connectivity index (χ3n) is 4.04. The topological polar surface area (TPSA) is 89.8 Å². The summed E-state index contributed by atoms with van der Waals surface area (Å²) in [6.07, 6.45) is 3.39. The summed E-state index contributed by atoms with van der Waals surface area (Å²) in [7, 11) is 0. The van der Waals surface area contributed by atoms with Crippen LogP contribution in [-0.4, -0.2) is 40.7 Å². The van der Waals surface area contributed by atoms with Crippen LogP contribution in [0.4, 0.5) is 0 Å². The number of piperidine rings is 1. The van der Waals surface area contributed by atoms with Crippen LogP contribution in [-0.2, 0) is 10.2 Å². The molecule has 1 saturated heterocycles. The van der Waals surface area contributed by atoms with E-state index in [1.165, 1.54) is 0 Å². The number of aryl methyl sites for hydroxylation is 1. The molecule has 0 bridgehead atoms. The molecule has 144 valence electrons. The molecule has 1 fully saturated rings. The number of halogens is 1. The molecule has 5 nitrogen and oxygen atoms in total. The maximum Gasteiger partial charge on any atom is 0.275 e. The van der Waals surface area contributed by atoms with Crippen molar-refractivity contribution in [3.63, 3.8) is 0 Å². The fraction of sp³-hybridized carbons (Fsp3) is 0.632. The Hall–Kier alpha value is -0.980. The summed E-state index contributed by atoms with van der Waals surface area (Å²) in [5, 5.41) is 28.4. The molecule has 1 aromatic rings. The number of carbonyl (C=O) groups excluding carboxylic acids is 1. The van der Waals surface area contributed by atoms with Gasteiger partial charge < -0.3 is 25.4 Å². The number of aliphatic hydroxyl groups is 3. The van der Waals surface area contributed by atoms with Crippen molar-refractivity contribution < 1.29 is 20.1 Å². The van der Waals surface area contributed by atoms with Gasteiger partial charge in [-0.05, 0) is 62.5 Å². The van der Waals surface area contributed by atoms with Crippen molar-refractivity contribution in [1.29, 1.82) is 0 Å². The second kappa shape index (κ2) is 11.6. The fourth-order valence-corrected chi connectivity index (χ4v) is 2.96. The molecule has 0 unspecified atom stereocenters. The molecular formula is C19H32ClNO4. The molecule has 0 radical (unpaired) electrons. The molecule has 25 heavy (non-hydrogen) atoms. The Morgan fingerprint density at radius 2 is 1.80 bits per heavy atom. The molecule has 0 aliphatic carbocycles. The zero-order valence-corrected chi connectivity index (χ0v) is 16.4. The maximum atomic E-state index is 11.5. The van der Waals surface area contributed by atoms with Crippen molar-refractivity contribution in [2.75, 3.05) is 13.1 Å². The number of hydrogen-bond donors (Lipinski definition) is 4. The first-order valence-corrected chi connectivity index (χ1v) is 9.23. The van der Waals surface area contributed by atoms with Gasteiger partial charge in [0.2, 0.25) is 0 Å². The van der Waals surface area contributed by atoms with Gasteiger partial charge in [-0.3, -0.25) is 0 Å². The summed E-state index contributed by atoms with van der Waals surface area (Å²) in [6.45, 7) is 9.58. The Kier molecular flexibility index (Phi) is 11.1. The molecule has 1 aromatic carbocycles. The monoisotopic (exact) mass is 373 g/mol. The van der Waals surface area contributed by atoms with Crippen molar-refractivity contribution in [1.82, 2.24) is 5.32 Å². The van der Waals surface area contributed by atoms with Gasteiger partial charge in [0.05, 0.1) is 5.41 Å². The first-order valence-electron chi connectivity index (χ1n) is 8.85. The van der Waals surface area contributed by atoms with Crippen molar-refractivity contribution in [3.05, 3.63) is 34.3 Å². The van der Waals surface area contributed by atoms with Crippen LogP contribution >= 0.6 is 11.6 Å². The minimum Gasteiger partial charge on any atom is -0.344 e. The zero-order chi connectivity index (χ0) is 19.5. The van der Waals surface area contributed by atoms with E-state index >= 15 is 0 Å². The van der Waals surface area contributed by atoms with Gasteiger partial charge in [0.1, 0.15) is 6.29 Å². The molecule has 0 spiro atoms. The molecule has 1 aliphatic rings. The van der Waals surface area contributed by atoms with E-state index in [1.54, 1.807) is 6.92 Å². The average Bonchev–Trinajstić information content (AvgIpc) is 2.59. The predicted molar refractivity (Wildman–Crippen MR) is 102 cm³/mol. The molecule has 1 heterocycles. The number of benzene rings is 1. The minimum absolute atomic E-state index is 0.00694. The summed E-state index contributed by atoms with van der Waals surface area (Å²) in [5.41, 5.74) is 1.91. The normalized spacial score (nSPS) is 16.0. The SMILES string of the molecule is CC.CCCC(O)(O)O.Cc1ccc(Cl)cc1C1(C=O)CCNCC1. The lowest BCUT2D eigenvalue weighted by atomic mass is 9.73. The third kappa shape index (κ3) is 8.29. The lowest BCUT2D eigenvalue weighted by Crippen LogP contribution is -2.41. The first kappa shape index (κ1) is 24.0. The molecule has 4 N–H and O–H groups in total. The van der Waals surface area contributed by atoms with Gasteiger partial charge in [-0.1, -0.05) is 38.4 Å². The molecule has 0 saturated carbocycles. The van der Waals surface area contributed by atoms with Gasteiger partial charge >= 0.3 is 0 Å². The third-order valence-corrected chi connectivity index (χ3v) is 4.28. The van der Waals surface area contributed by atoms with Gasteiger partial charge in [0, 0.05) is 11.4 Å². The minimum atomic E-state index is -2.45. The Morgan fingerprint density at radius 1 is 1.24 bits per heavy atom. The highest BCUT2D eigenvalue weighted by Gasteiger charge is 2.34. The number of carbonyl (C=O) groups is 1. The second-order valence-electron chi connectivity index (χ2n) is 6.01. The van der Waals surface area contributed by atoms with E-state index in [1.807, 2.05) is 39.0 Å². The van der Waals surface area contributed by atoms with Gasteiger partial charge in [0.15, 0.2) is 0 Å². The summed E-state index contributed by atoms with van der Waals surface area (Å²) in [5.74, 6) is -2.45. The van der Waals surface area contributed by atoms with Crippen LogP contribution in [0, 0.1) is 6.92 Å². The van der Waals surface area contributed by atoms with Crippen LogP contribution < -0.4 is 5.32 Å². The summed E-state index contributed by atoms with van der Waals surface area (Å²) in [4.78, 5) is 11.5. The smallest absolute Gasteiger partial charge is 0.275 e. The fourth-order valence-electron chi connectivity index (χ4n) is 2.79. The highest BCUT2D eigenvalue weighted by atomic mass is 35.5. The van der Waals surface area contributed by atoms with Crippen LogP contribution in [0.25, 0.3) is 0 Å². The average molecular weight is 374 g/mol. The van der Waals surface area contributed by atoms with Gasteiger partial charge in [-0.2, -0.15) is 0 Å². The van der Waals surface area contributed by atoms with Crippen LogP contribution in [0.15, 0.2) is 18.2 Å². The second-order valence-corrected chi connectivity index (χ2v) is 6.44. The van der Waals surface area contributed by atoms with Crippen molar-refractivity contribution in [2.45, 2.75) is 64.8 Å². The Balaban J connectivity index is 0.000000544. The van der Waals surface area contributed by atoms with E-state index in [9.17, 15) is 4.79 Å². The first-order chi connectivity index (χ1) is 11.7. The number of nitrogens with one attached hydrogen (secondary N) is 1. The Labute approximate surface area is 156 Å². The van der Waals surface area contributed by atoms with Gasteiger partial charge in [0.25, 0.3) is 5.97 Å².